The monoisotopic (exact) mass is 1020 g/mol. The second-order valence-corrected chi connectivity index (χ2v) is 20.3. The highest BCUT2D eigenvalue weighted by Crippen LogP contribution is 2.39. The number of nitrogens with one attached hydrogen (secondary N) is 1. The van der Waals surface area contributed by atoms with E-state index in [4.69, 9.17) is 34.2 Å². The molecule has 0 bridgehead atoms. The summed E-state index contributed by atoms with van der Waals surface area (Å²) in [6.45, 7) is 4.35. The van der Waals surface area contributed by atoms with Crippen LogP contribution in [0.25, 0.3) is 10.9 Å². The van der Waals surface area contributed by atoms with Crippen LogP contribution in [0.4, 0.5) is 5.69 Å². The predicted octanol–water partition coefficient (Wildman–Crippen LogP) is 2.71. The Balaban J connectivity index is 0.969. The largest absolute Gasteiger partial charge is 0.479 e. The third-order valence-electron chi connectivity index (χ3n) is 14.9. The summed E-state index contributed by atoms with van der Waals surface area (Å²) >= 11 is 0. The lowest BCUT2D eigenvalue weighted by molar-refractivity contribution is -0.349. The average molecular weight is 1020 g/mol. The highest BCUT2D eigenvalue weighted by Gasteiger charge is 2.54. The van der Waals surface area contributed by atoms with Crippen molar-refractivity contribution in [2.75, 3.05) is 18.9 Å². The molecule has 4 unspecified atom stereocenters. The van der Waals surface area contributed by atoms with Crippen LogP contribution in [0.2, 0.25) is 0 Å². The Kier molecular flexibility index (Phi) is 18.5. The smallest absolute Gasteiger partial charge is 0.338 e. The number of nitrogens with zero attached hydrogens (tertiary/aromatic N) is 4. The fraction of sp³-hybridized carbons (Fsp3) is 0.635. The fourth-order valence-corrected chi connectivity index (χ4v) is 10.8. The first-order valence-corrected chi connectivity index (χ1v) is 25.8. The number of hydrogen-bond donors (Lipinski definition) is 8. The van der Waals surface area contributed by atoms with Crippen molar-refractivity contribution in [3.8, 4) is 0 Å². The number of aromatic nitrogens is 4. The zero-order chi connectivity index (χ0) is 51.8. The Morgan fingerprint density at radius 2 is 1.64 bits per heavy atom. The molecule has 2 aliphatic heterocycles. The van der Waals surface area contributed by atoms with Gasteiger partial charge in [-0.15, -0.1) is 5.10 Å². The van der Waals surface area contributed by atoms with Crippen LogP contribution >= 0.6 is 0 Å². The number of aliphatic carboxylic acids is 1. The van der Waals surface area contributed by atoms with Crippen molar-refractivity contribution in [2.24, 2.45) is 17.8 Å². The van der Waals surface area contributed by atoms with Crippen LogP contribution in [0.1, 0.15) is 94.1 Å². The standard InChI is InChI=1S/C52H72N6O15/c1-29-23-34(48(64)54-19-9-15-36-27-58(56-55-36)21-10-20-57-22-18-33-25-35(53)16-17-37(33)57)26-38(45(29)73-51-44(63)43(62)41(60)30(2)68-51)70-52-47(72-50(67)32-13-7-4-8-14-32)46(42(61)40(28-59)71-52)69-39(49(65)66)24-31-11-5-3-6-12-31/h4,7-8,13-14,16-18,22,25,27,29-31,34,38-47,51-52,59-63H,3,5-6,9-12,15,19-21,23-24,26,28,53H2,1-2H3,(H,54,64)(H,65,66)/t29?,30-,34?,38?,39-,40+,41+,42-,43+,44-,45?,46-,47+,51-,52+/m0/s1. The number of fused-ring (bicyclic) bond motifs is 1. The van der Waals surface area contributed by atoms with Gasteiger partial charge in [0, 0.05) is 54.5 Å². The van der Waals surface area contributed by atoms with Crippen molar-refractivity contribution >= 4 is 34.4 Å². The summed E-state index contributed by atoms with van der Waals surface area (Å²) in [5, 5.41) is 77.7. The van der Waals surface area contributed by atoms with Crippen LogP contribution in [0.3, 0.4) is 0 Å². The maximum Gasteiger partial charge on any atom is 0.338 e. The van der Waals surface area contributed by atoms with Crippen LogP contribution in [-0.4, -0.2) is 161 Å². The first kappa shape index (κ1) is 54.2. The molecule has 2 aliphatic carbocycles. The second-order valence-electron chi connectivity index (χ2n) is 20.3. The molecule has 4 fully saturated rings. The quantitative estimate of drug-likeness (QED) is 0.0338. The maximum atomic E-state index is 14.1. The van der Waals surface area contributed by atoms with Gasteiger partial charge in [0.15, 0.2) is 24.8 Å². The number of carbonyl (C=O) groups is 3. The van der Waals surface area contributed by atoms with Crippen molar-refractivity contribution in [3.63, 3.8) is 0 Å². The topological polar surface area (TPSA) is 302 Å². The zero-order valence-electron chi connectivity index (χ0n) is 41.4. The molecular formula is C52H72N6O15. The van der Waals surface area contributed by atoms with Gasteiger partial charge in [0.2, 0.25) is 5.91 Å². The SMILES string of the molecule is CC1CC(C(=O)NCCCc2cn(CCCn3ccc4cc(N)ccc43)nn2)CC(O[C@@H]2O[C@H](CO)[C@H](O)[C@H](O[C@@H](CC3CCCCC3)C(=O)O)[C@H]2OC(=O)c2ccccc2)C1O[C@@H]1O[C@@H](C)[C@@H](O)[C@@H](O)[C@@H]1O. The molecule has 2 aromatic carbocycles. The summed E-state index contributed by atoms with van der Waals surface area (Å²) in [5.74, 6) is -3.55. The third-order valence-corrected chi connectivity index (χ3v) is 14.9. The van der Waals surface area contributed by atoms with Crippen molar-refractivity contribution in [1.82, 2.24) is 24.9 Å². The molecule has 4 aliphatic rings. The van der Waals surface area contributed by atoms with E-state index in [0.29, 0.717) is 25.9 Å². The minimum atomic E-state index is -1.69. The van der Waals surface area contributed by atoms with Crippen LogP contribution in [0.15, 0.2) is 67.0 Å². The summed E-state index contributed by atoms with van der Waals surface area (Å²) in [6.07, 6.45) is -7.73. The highest BCUT2D eigenvalue weighted by molar-refractivity contribution is 5.89. The molecule has 9 N–H and O–H groups in total. The number of carboxylic acids is 1. The fourth-order valence-electron chi connectivity index (χ4n) is 10.8. The zero-order valence-corrected chi connectivity index (χ0v) is 41.4. The number of aliphatic hydroxyl groups excluding tert-OH is 5. The molecular weight excluding hydrogens is 949 g/mol. The molecule has 400 valence electrons. The molecule has 4 heterocycles. The van der Waals surface area contributed by atoms with Gasteiger partial charge in [-0.3, -0.25) is 9.48 Å². The summed E-state index contributed by atoms with van der Waals surface area (Å²) in [4.78, 5) is 40.8. The molecule has 73 heavy (non-hydrogen) atoms. The van der Waals surface area contributed by atoms with Gasteiger partial charge in [-0.2, -0.15) is 0 Å². The van der Waals surface area contributed by atoms with Crippen molar-refractivity contribution < 1.29 is 73.4 Å². The second kappa shape index (κ2) is 25.0. The Hall–Kier alpha value is -5.07. The van der Waals surface area contributed by atoms with Gasteiger partial charge in [0.05, 0.1) is 36.2 Å². The maximum absolute atomic E-state index is 14.1. The predicted molar refractivity (Wildman–Crippen MR) is 261 cm³/mol. The number of amides is 1. The first-order chi connectivity index (χ1) is 35.2. The number of aryl methyl sites for hydroxylation is 3. The van der Waals surface area contributed by atoms with E-state index in [2.05, 4.69) is 20.2 Å². The lowest BCUT2D eigenvalue weighted by Crippen LogP contribution is -2.64. The van der Waals surface area contributed by atoms with Gasteiger partial charge in [-0.05, 0) is 93.7 Å². The molecule has 0 radical (unpaired) electrons. The molecule has 15 atom stereocenters. The minimum absolute atomic E-state index is 0.0118. The average Bonchev–Trinajstić information content (AvgIpc) is 4.02. The van der Waals surface area contributed by atoms with Crippen molar-refractivity contribution in [1.29, 1.82) is 0 Å². The van der Waals surface area contributed by atoms with Gasteiger partial charge in [-0.25, -0.2) is 9.59 Å². The number of nitrogens with two attached hydrogens (primary N) is 1. The van der Waals surface area contributed by atoms with E-state index >= 15 is 0 Å². The summed E-state index contributed by atoms with van der Waals surface area (Å²) in [5.41, 5.74) is 8.69. The number of rotatable bonds is 21. The highest BCUT2D eigenvalue weighted by atomic mass is 16.7. The normalized spacial score (nSPS) is 31.5. The number of esters is 1. The van der Waals surface area contributed by atoms with Crippen LogP contribution in [0.5, 0.6) is 0 Å². The lowest BCUT2D eigenvalue weighted by atomic mass is 9.77. The lowest BCUT2D eigenvalue weighted by Gasteiger charge is -2.48. The van der Waals surface area contributed by atoms with Crippen LogP contribution in [-0.2, 0) is 57.5 Å². The van der Waals surface area contributed by atoms with E-state index in [0.717, 1.165) is 67.4 Å². The first-order valence-electron chi connectivity index (χ1n) is 25.8. The van der Waals surface area contributed by atoms with E-state index in [-0.39, 0.29) is 36.7 Å². The molecule has 2 saturated heterocycles. The van der Waals surface area contributed by atoms with E-state index in [1.165, 1.54) is 19.1 Å². The number of carbonyl (C=O) groups excluding carboxylic acids is 2. The van der Waals surface area contributed by atoms with Crippen LogP contribution < -0.4 is 11.1 Å². The van der Waals surface area contributed by atoms with Crippen molar-refractivity contribution in [2.45, 2.75) is 177 Å². The number of benzene rings is 2. The van der Waals surface area contributed by atoms with Crippen molar-refractivity contribution in [3.05, 3.63) is 78.2 Å². The summed E-state index contributed by atoms with van der Waals surface area (Å²) in [7, 11) is 0. The third kappa shape index (κ3) is 13.4. The minimum Gasteiger partial charge on any atom is -0.479 e. The molecule has 1 amide bonds. The van der Waals surface area contributed by atoms with E-state index in [9.17, 15) is 45.0 Å². The summed E-state index contributed by atoms with van der Waals surface area (Å²) in [6, 6.07) is 15.9. The molecule has 21 nitrogen and oxygen atoms in total. The Bertz CT molecular complexity index is 2420. The molecule has 4 aromatic rings. The number of hydrogen-bond acceptors (Lipinski definition) is 17. The summed E-state index contributed by atoms with van der Waals surface area (Å²) < 4.78 is 41.5. The van der Waals surface area contributed by atoms with Gasteiger partial charge < -0.3 is 74.7 Å². The Morgan fingerprint density at radius 3 is 2.40 bits per heavy atom. The number of ether oxygens (including phenoxy) is 6. The van der Waals surface area contributed by atoms with Crippen LogP contribution in [0, 0.1) is 17.8 Å². The number of anilines is 1. The number of carboxylic acid groups (broad SMARTS) is 1. The van der Waals surface area contributed by atoms with Gasteiger partial charge in [0.25, 0.3) is 0 Å². The van der Waals surface area contributed by atoms with E-state index in [1.54, 1.807) is 18.2 Å². The number of nitrogen functional groups attached to an aromatic ring is 1. The van der Waals surface area contributed by atoms with Gasteiger partial charge in [-0.1, -0.05) is 62.4 Å². The molecule has 2 aromatic heterocycles. The Morgan fingerprint density at radius 1 is 0.863 bits per heavy atom. The van der Waals surface area contributed by atoms with E-state index in [1.807, 2.05) is 48.3 Å². The van der Waals surface area contributed by atoms with Gasteiger partial charge in [0.1, 0.15) is 36.6 Å². The molecule has 0 spiro atoms. The Labute approximate surface area is 423 Å². The molecule has 8 rings (SSSR count). The molecule has 21 heteroatoms. The van der Waals surface area contributed by atoms with Gasteiger partial charge >= 0.3 is 11.9 Å². The van der Waals surface area contributed by atoms with E-state index < -0.39 is 110 Å². The molecule has 2 saturated carbocycles. The number of aliphatic hydroxyl groups is 5.